The van der Waals surface area contributed by atoms with Gasteiger partial charge in [-0.2, -0.15) is 16.8 Å². The Hall–Kier alpha value is -5.43. The highest BCUT2D eigenvalue weighted by atomic mass is 32.2. The summed E-state index contributed by atoms with van der Waals surface area (Å²) in [5.41, 5.74) is -2.52. The van der Waals surface area contributed by atoms with Crippen LogP contribution in [0.1, 0.15) is 78.1 Å². The van der Waals surface area contributed by atoms with Crippen LogP contribution in [0.25, 0.3) is 21.5 Å². The van der Waals surface area contributed by atoms with Gasteiger partial charge in [0, 0.05) is 85.8 Å². The van der Waals surface area contributed by atoms with Gasteiger partial charge < -0.3 is 29.5 Å². The van der Waals surface area contributed by atoms with E-state index in [0.717, 1.165) is 60.7 Å². The summed E-state index contributed by atoms with van der Waals surface area (Å²) in [7, 11) is -0.611. The lowest BCUT2D eigenvalue weighted by Crippen LogP contribution is -2.70. The van der Waals surface area contributed by atoms with Crippen LogP contribution in [0.15, 0.2) is 119 Å². The Labute approximate surface area is 434 Å². The molecule has 0 bridgehead atoms. The van der Waals surface area contributed by atoms with E-state index in [4.69, 9.17) is 17.8 Å². The van der Waals surface area contributed by atoms with Gasteiger partial charge in [-0.1, -0.05) is 79.4 Å². The van der Waals surface area contributed by atoms with Crippen molar-refractivity contribution in [1.82, 2.24) is 0 Å². The number of nitrogens with zero attached hydrogens (tertiary/aromatic N) is 2. The van der Waals surface area contributed by atoms with Crippen LogP contribution in [0.5, 0.6) is 0 Å². The summed E-state index contributed by atoms with van der Waals surface area (Å²) in [6.07, 6.45) is 11.9. The fraction of sp³-hybridized carbons (Fsp3) is 0.491. The van der Waals surface area contributed by atoms with E-state index in [2.05, 4.69) is 12.7 Å². The topological polar surface area (TPSA) is 203 Å². The van der Waals surface area contributed by atoms with Gasteiger partial charge in [0.2, 0.25) is 0 Å². The number of hydrogen-bond acceptors (Lipinski definition) is 15. The number of ketones is 2. The van der Waals surface area contributed by atoms with Gasteiger partial charge in [-0.25, -0.2) is 0 Å². The molecule has 2 aliphatic heterocycles. The second kappa shape index (κ2) is 19.9. The zero-order chi connectivity index (χ0) is 53.2. The zero-order valence-corrected chi connectivity index (χ0v) is 44.6. The van der Waals surface area contributed by atoms with Crippen molar-refractivity contribution in [3.05, 3.63) is 109 Å². The summed E-state index contributed by atoms with van der Waals surface area (Å²) >= 11 is 0. The third-order valence-corrected chi connectivity index (χ3v) is 19.9. The van der Waals surface area contributed by atoms with Gasteiger partial charge in [0.05, 0.1) is 37.3 Å². The van der Waals surface area contributed by atoms with Crippen LogP contribution in [0, 0.1) is 34.5 Å². The zero-order valence-electron chi connectivity index (χ0n) is 43.0. The number of fused-ring (bicyclic) bond motifs is 4. The van der Waals surface area contributed by atoms with Crippen molar-refractivity contribution in [2.24, 2.45) is 34.5 Å². The van der Waals surface area contributed by atoms with Gasteiger partial charge >= 0.3 is 5.97 Å². The molecule has 2 saturated heterocycles. The summed E-state index contributed by atoms with van der Waals surface area (Å²) in [5.74, 6) is -2.01. The predicted octanol–water partition coefficient (Wildman–Crippen LogP) is 8.21. The Bertz CT molecular complexity index is 2980. The first-order chi connectivity index (χ1) is 35.1. The quantitative estimate of drug-likeness (QED) is 0.0617. The molecule has 10 rings (SSSR count). The number of esters is 1. The molecule has 0 aromatic heterocycles. The van der Waals surface area contributed by atoms with Gasteiger partial charge in [-0.15, -0.1) is 0 Å². The highest BCUT2D eigenvalue weighted by Gasteiger charge is 2.79. The second-order valence-corrected chi connectivity index (χ2v) is 24.7. The second-order valence-electron chi connectivity index (χ2n) is 21.6. The van der Waals surface area contributed by atoms with E-state index < -0.39 is 72.3 Å². The normalized spacial score (nSPS) is 30.1. The number of ether oxygens (including phenoxy) is 2. The lowest BCUT2D eigenvalue weighted by molar-refractivity contribution is -0.263. The van der Waals surface area contributed by atoms with E-state index in [9.17, 15) is 41.4 Å². The number of carbonyl (C=O) groups is 3. The van der Waals surface area contributed by atoms with Crippen molar-refractivity contribution in [2.75, 3.05) is 51.2 Å². The Morgan fingerprint density at radius 2 is 1.03 bits per heavy atom. The maximum Gasteiger partial charge on any atom is 0.319 e. The predicted molar refractivity (Wildman–Crippen MR) is 281 cm³/mol. The molecular formula is C57H68N2O13S2. The van der Waals surface area contributed by atoms with Crippen molar-refractivity contribution in [3.63, 3.8) is 0 Å². The first-order valence-corrected chi connectivity index (χ1v) is 28.4. The van der Waals surface area contributed by atoms with Crippen molar-refractivity contribution in [2.45, 2.75) is 111 Å². The Morgan fingerprint density at radius 1 is 0.622 bits per heavy atom. The molecule has 17 heteroatoms. The van der Waals surface area contributed by atoms with Gasteiger partial charge in [0.1, 0.15) is 49.1 Å². The molecule has 4 aromatic carbocycles. The average Bonchev–Trinajstić information content (AvgIpc) is 3.67. The third-order valence-electron chi connectivity index (χ3n) is 17.2. The van der Waals surface area contributed by atoms with E-state index >= 15 is 0 Å². The Balaban J connectivity index is 0.000000182. The van der Waals surface area contributed by atoms with E-state index in [1.54, 1.807) is 37.3 Å². The van der Waals surface area contributed by atoms with E-state index in [1.807, 2.05) is 93.5 Å². The summed E-state index contributed by atoms with van der Waals surface area (Å²) < 4.78 is 75.3. The highest BCUT2D eigenvalue weighted by Crippen LogP contribution is 2.67. The van der Waals surface area contributed by atoms with Crippen molar-refractivity contribution in [1.29, 1.82) is 0 Å². The number of anilines is 2. The number of carbonyl (C=O) groups excluding carboxylic acids is 3. The van der Waals surface area contributed by atoms with Gasteiger partial charge in [0.15, 0.2) is 0 Å². The molecule has 4 fully saturated rings. The molecule has 15 nitrogen and oxygen atoms in total. The third kappa shape index (κ3) is 8.59. The maximum atomic E-state index is 13.2. The number of aliphatic hydroxyl groups is 2. The molecule has 2 heterocycles. The molecule has 396 valence electrons. The van der Waals surface area contributed by atoms with Crippen LogP contribution in [-0.4, -0.2) is 109 Å². The van der Waals surface area contributed by atoms with Crippen molar-refractivity contribution < 1.29 is 59.3 Å². The Kier molecular flexibility index (Phi) is 14.4. The van der Waals surface area contributed by atoms with Crippen LogP contribution in [0.4, 0.5) is 11.4 Å². The molecule has 0 amide bonds. The molecular weight excluding hydrogens is 985 g/mol. The lowest BCUT2D eigenvalue weighted by Gasteiger charge is -2.59. The summed E-state index contributed by atoms with van der Waals surface area (Å²) in [6, 6.07) is 21.1. The minimum Gasteiger partial charge on any atom is -0.490 e. The molecule has 6 aliphatic rings. The molecule has 4 aromatic rings. The molecule has 2 saturated carbocycles. The van der Waals surface area contributed by atoms with E-state index in [-0.39, 0.29) is 72.1 Å². The van der Waals surface area contributed by atoms with Crippen LogP contribution >= 0.6 is 0 Å². The molecule has 0 radical (unpaired) electrons. The van der Waals surface area contributed by atoms with E-state index in [0.29, 0.717) is 16.5 Å². The standard InChI is InChI=1S/C29H35NO6S.C28H33NO7S/c1-19-29(27(32)20-10-6-5-7-11-20)18-25(31)23(28(29,2)36-19)16-17-35-37(33,34)26-15-9-12-21-22(26)13-8-14-24(21)30(3)4;1-27-21(23(30)17-28(27,26(32)36-27)25(31)18-9-5-4-6-10-18)15-16-35-37(33,34)24-14-8-11-19-20(24)12-7-13-22(19)29(2)3/h6,8-10,12-15,20,23,27,32H,1,5,7,11,16-18H2,2-4H3;5,7-9,11-14,18,21,25,31H,4,6,10,15-17H2,1-3H3/t20-,23+,27+,28+,29+;/m1./s1. The molecule has 74 heavy (non-hydrogen) atoms. The molecule has 4 aliphatic carbocycles. The first kappa shape index (κ1) is 53.4. The van der Waals surface area contributed by atoms with Gasteiger partial charge in [-0.3, -0.25) is 22.7 Å². The maximum absolute atomic E-state index is 13.2. The lowest BCUT2D eigenvalue weighted by atomic mass is 9.59. The van der Waals surface area contributed by atoms with Crippen molar-refractivity contribution in [3.8, 4) is 0 Å². The highest BCUT2D eigenvalue weighted by molar-refractivity contribution is 7.87. The monoisotopic (exact) mass is 1050 g/mol. The van der Waals surface area contributed by atoms with Crippen molar-refractivity contribution >= 4 is 70.7 Å². The molecule has 2 N–H and O–H groups in total. The van der Waals surface area contributed by atoms with Crippen LogP contribution < -0.4 is 9.80 Å². The number of Topliss-reactive ketones (excluding diaryl/α,β-unsaturated/α-hetero) is 2. The minimum absolute atomic E-state index is 0.0539. The van der Waals surface area contributed by atoms with Gasteiger partial charge in [-0.05, 0) is 89.5 Å². The SMILES string of the molecule is C=C1O[C@@]2(C)[C@@H](CCOS(=O)(=O)c3cccc4c(N(C)C)cccc34)C(=O)C[C@@]12[C@@H](O)[C@@H]1C=CCCC1.CN(C)c1cccc2c(S(=O)(=O)OCCC3C(=O)CC4(C(O)C5C=CCCC5)C(=O)OC34C)cccc12. The fourth-order valence-corrected chi connectivity index (χ4v) is 15.5. The van der Waals surface area contributed by atoms with Gasteiger partial charge in [0.25, 0.3) is 20.2 Å². The number of aliphatic hydroxyl groups excluding tert-OH is 2. The largest absolute Gasteiger partial charge is 0.490 e. The molecule has 0 spiro atoms. The molecule has 5 unspecified atom stereocenters. The van der Waals surface area contributed by atoms with Crippen LogP contribution in [0.2, 0.25) is 0 Å². The minimum atomic E-state index is -4.13. The smallest absolute Gasteiger partial charge is 0.319 e. The van der Waals surface area contributed by atoms with E-state index in [1.165, 1.54) is 12.1 Å². The first-order valence-electron chi connectivity index (χ1n) is 25.6. The van der Waals surface area contributed by atoms with Crippen LogP contribution in [0.3, 0.4) is 0 Å². The number of allylic oxidation sites excluding steroid dienone is 2. The summed E-state index contributed by atoms with van der Waals surface area (Å²) in [6.45, 7) is 7.14. The average molecular weight is 1050 g/mol. The Morgan fingerprint density at radius 3 is 1.43 bits per heavy atom. The summed E-state index contributed by atoms with van der Waals surface area (Å²) in [4.78, 5) is 43.1. The molecule has 10 atom stereocenters. The fourth-order valence-electron chi connectivity index (χ4n) is 13.2. The number of benzene rings is 4. The number of hydrogen-bond donors (Lipinski definition) is 2. The van der Waals surface area contributed by atoms with Crippen LogP contribution in [-0.2, 0) is 52.5 Å². The number of rotatable bonds is 16. The summed E-state index contributed by atoms with van der Waals surface area (Å²) in [5, 5.41) is 25.4.